The molecule has 2 amide bonds. The van der Waals surface area contributed by atoms with Crippen molar-refractivity contribution in [2.75, 3.05) is 29.4 Å². The first-order chi connectivity index (χ1) is 13.1. The fraction of sp³-hybridized carbons (Fsp3) is 0.333. The fourth-order valence-corrected chi connectivity index (χ4v) is 3.97. The zero-order valence-electron chi connectivity index (χ0n) is 15.0. The number of carbonyl (C=O) groups excluding carboxylic acids is 2. The van der Waals surface area contributed by atoms with Crippen molar-refractivity contribution in [1.29, 1.82) is 0 Å². The Morgan fingerprint density at radius 3 is 2.67 bits per heavy atom. The Morgan fingerprint density at radius 2 is 1.89 bits per heavy atom. The number of hydrogen-bond donors (Lipinski definition) is 1. The van der Waals surface area contributed by atoms with Gasteiger partial charge in [0, 0.05) is 54.1 Å². The van der Waals surface area contributed by atoms with Crippen LogP contribution in [0.5, 0.6) is 0 Å². The zero-order chi connectivity index (χ0) is 18.8. The van der Waals surface area contributed by atoms with Gasteiger partial charge in [0.1, 0.15) is 0 Å². The average Bonchev–Trinajstić information content (AvgIpc) is 3.31. The average molecular weight is 384 g/mol. The van der Waals surface area contributed by atoms with Gasteiger partial charge in [-0.1, -0.05) is 23.7 Å². The molecule has 1 atom stereocenters. The first-order valence-electron chi connectivity index (χ1n) is 9.32. The highest BCUT2D eigenvalue weighted by molar-refractivity contribution is 6.30. The molecule has 2 heterocycles. The van der Waals surface area contributed by atoms with Crippen molar-refractivity contribution in [2.45, 2.75) is 25.3 Å². The fourth-order valence-electron chi connectivity index (χ4n) is 3.79. The predicted molar refractivity (Wildman–Crippen MR) is 108 cm³/mol. The van der Waals surface area contributed by atoms with Gasteiger partial charge in [0.25, 0.3) is 5.91 Å². The first-order valence-corrected chi connectivity index (χ1v) is 9.70. The predicted octanol–water partition coefficient (Wildman–Crippen LogP) is 3.48. The molecule has 0 bridgehead atoms. The Bertz CT molecular complexity index is 870. The van der Waals surface area contributed by atoms with Crippen LogP contribution >= 0.6 is 11.6 Å². The molecule has 0 saturated carbocycles. The minimum absolute atomic E-state index is 0.0913. The maximum Gasteiger partial charge on any atom is 0.251 e. The van der Waals surface area contributed by atoms with Gasteiger partial charge in [-0.25, -0.2) is 0 Å². The van der Waals surface area contributed by atoms with E-state index in [1.807, 2.05) is 42.5 Å². The molecule has 6 heteroatoms. The van der Waals surface area contributed by atoms with Gasteiger partial charge < -0.3 is 15.1 Å². The molecule has 0 aliphatic carbocycles. The lowest BCUT2D eigenvalue weighted by Crippen LogP contribution is -2.37. The van der Waals surface area contributed by atoms with E-state index in [0.717, 1.165) is 43.9 Å². The van der Waals surface area contributed by atoms with Crippen LogP contribution in [0.4, 0.5) is 11.4 Å². The Balaban J connectivity index is 1.40. The molecule has 2 aliphatic rings. The molecule has 0 spiro atoms. The van der Waals surface area contributed by atoms with Crippen LogP contribution in [0.15, 0.2) is 48.5 Å². The van der Waals surface area contributed by atoms with Crippen LogP contribution in [0.25, 0.3) is 0 Å². The molecule has 2 fully saturated rings. The van der Waals surface area contributed by atoms with Crippen molar-refractivity contribution in [3.05, 3.63) is 59.1 Å². The third kappa shape index (κ3) is 3.93. The van der Waals surface area contributed by atoms with Crippen LogP contribution in [-0.4, -0.2) is 37.5 Å². The van der Waals surface area contributed by atoms with E-state index in [-0.39, 0.29) is 17.9 Å². The minimum atomic E-state index is -0.0959. The van der Waals surface area contributed by atoms with Gasteiger partial charge >= 0.3 is 0 Å². The number of amides is 2. The summed E-state index contributed by atoms with van der Waals surface area (Å²) in [5.74, 6) is 0.0296. The highest BCUT2D eigenvalue weighted by Gasteiger charge is 2.26. The standard InChI is InChI=1S/C21H22ClN3O2/c22-16-5-2-6-18(13-16)24-11-9-17(14-24)23-21(27)15-4-1-7-19(12-15)25-10-3-8-20(25)26/h1-2,4-7,12-13,17H,3,8-11,14H2,(H,23,27)/t17-/m0/s1. The van der Waals surface area contributed by atoms with Gasteiger partial charge in [-0.2, -0.15) is 0 Å². The third-order valence-corrected chi connectivity index (χ3v) is 5.43. The minimum Gasteiger partial charge on any atom is -0.369 e. The Morgan fingerprint density at radius 1 is 1.07 bits per heavy atom. The Hall–Kier alpha value is -2.53. The van der Waals surface area contributed by atoms with Gasteiger partial charge in [-0.3, -0.25) is 9.59 Å². The second-order valence-corrected chi connectivity index (χ2v) is 7.52. The molecule has 2 aromatic rings. The molecule has 140 valence electrons. The van der Waals surface area contributed by atoms with Gasteiger partial charge in [-0.05, 0) is 49.2 Å². The summed E-state index contributed by atoms with van der Waals surface area (Å²) in [6.45, 7) is 2.37. The highest BCUT2D eigenvalue weighted by Crippen LogP contribution is 2.25. The maximum absolute atomic E-state index is 12.7. The van der Waals surface area contributed by atoms with Crippen LogP contribution in [0, 0.1) is 0 Å². The van der Waals surface area contributed by atoms with E-state index in [9.17, 15) is 9.59 Å². The van der Waals surface area contributed by atoms with Crippen LogP contribution in [-0.2, 0) is 4.79 Å². The van der Waals surface area contributed by atoms with Crippen LogP contribution < -0.4 is 15.1 Å². The molecular weight excluding hydrogens is 362 g/mol. The molecular formula is C21H22ClN3O2. The van der Waals surface area contributed by atoms with E-state index in [2.05, 4.69) is 10.2 Å². The van der Waals surface area contributed by atoms with E-state index in [1.54, 1.807) is 11.0 Å². The van der Waals surface area contributed by atoms with E-state index in [4.69, 9.17) is 11.6 Å². The van der Waals surface area contributed by atoms with E-state index in [1.165, 1.54) is 0 Å². The number of nitrogens with zero attached hydrogens (tertiary/aromatic N) is 2. The van der Waals surface area contributed by atoms with Gasteiger partial charge in [0.05, 0.1) is 0 Å². The van der Waals surface area contributed by atoms with Gasteiger partial charge in [0.2, 0.25) is 5.91 Å². The molecule has 0 unspecified atom stereocenters. The third-order valence-electron chi connectivity index (χ3n) is 5.19. The highest BCUT2D eigenvalue weighted by atomic mass is 35.5. The second-order valence-electron chi connectivity index (χ2n) is 7.08. The summed E-state index contributed by atoms with van der Waals surface area (Å²) in [4.78, 5) is 28.6. The molecule has 5 nitrogen and oxygen atoms in total. The summed E-state index contributed by atoms with van der Waals surface area (Å²) in [6.07, 6.45) is 2.34. The summed E-state index contributed by atoms with van der Waals surface area (Å²) in [7, 11) is 0. The lowest BCUT2D eigenvalue weighted by Gasteiger charge is -2.20. The van der Waals surface area contributed by atoms with E-state index in [0.29, 0.717) is 17.0 Å². The molecule has 4 rings (SSSR count). The number of nitrogens with one attached hydrogen (secondary N) is 1. The summed E-state index contributed by atoms with van der Waals surface area (Å²) in [5, 5.41) is 3.84. The number of benzene rings is 2. The van der Waals surface area contributed by atoms with Crippen molar-refractivity contribution in [3.63, 3.8) is 0 Å². The number of hydrogen-bond acceptors (Lipinski definition) is 3. The largest absolute Gasteiger partial charge is 0.369 e. The molecule has 2 aromatic carbocycles. The lowest BCUT2D eigenvalue weighted by molar-refractivity contribution is -0.117. The van der Waals surface area contributed by atoms with Crippen molar-refractivity contribution >= 4 is 34.8 Å². The lowest BCUT2D eigenvalue weighted by atomic mass is 10.1. The number of carbonyl (C=O) groups is 2. The second kappa shape index (κ2) is 7.61. The molecule has 1 N–H and O–H groups in total. The summed E-state index contributed by atoms with van der Waals surface area (Å²) < 4.78 is 0. The van der Waals surface area contributed by atoms with E-state index < -0.39 is 0 Å². The zero-order valence-corrected chi connectivity index (χ0v) is 15.8. The topological polar surface area (TPSA) is 52.7 Å². The van der Waals surface area contributed by atoms with Crippen molar-refractivity contribution < 1.29 is 9.59 Å². The van der Waals surface area contributed by atoms with E-state index >= 15 is 0 Å². The summed E-state index contributed by atoms with van der Waals surface area (Å²) in [6, 6.07) is 15.2. The smallest absolute Gasteiger partial charge is 0.251 e. The number of halogens is 1. The molecule has 0 radical (unpaired) electrons. The molecule has 2 saturated heterocycles. The number of anilines is 2. The van der Waals surface area contributed by atoms with Gasteiger partial charge in [-0.15, -0.1) is 0 Å². The molecule has 0 aromatic heterocycles. The number of rotatable bonds is 4. The van der Waals surface area contributed by atoms with Gasteiger partial charge in [0.15, 0.2) is 0 Å². The summed E-state index contributed by atoms with van der Waals surface area (Å²) in [5.41, 5.74) is 2.47. The molecule has 2 aliphatic heterocycles. The first kappa shape index (κ1) is 17.9. The monoisotopic (exact) mass is 383 g/mol. The quantitative estimate of drug-likeness (QED) is 0.879. The van der Waals surface area contributed by atoms with Crippen molar-refractivity contribution in [3.8, 4) is 0 Å². The van der Waals surface area contributed by atoms with Crippen LogP contribution in [0.3, 0.4) is 0 Å². The Kier molecular flexibility index (Phi) is 5.03. The van der Waals surface area contributed by atoms with Crippen LogP contribution in [0.1, 0.15) is 29.6 Å². The van der Waals surface area contributed by atoms with Crippen molar-refractivity contribution in [1.82, 2.24) is 5.32 Å². The SMILES string of the molecule is O=C(N[C@H]1CCN(c2cccc(Cl)c2)C1)c1cccc(N2CCCC2=O)c1. The Labute approximate surface area is 163 Å². The normalized spacial score (nSPS) is 19.6. The molecule has 27 heavy (non-hydrogen) atoms. The van der Waals surface area contributed by atoms with Crippen molar-refractivity contribution in [2.24, 2.45) is 0 Å². The maximum atomic E-state index is 12.7. The van der Waals surface area contributed by atoms with Crippen LogP contribution in [0.2, 0.25) is 5.02 Å². The summed E-state index contributed by atoms with van der Waals surface area (Å²) >= 11 is 6.08.